The van der Waals surface area contributed by atoms with Crippen LogP contribution in [0.2, 0.25) is 0 Å². The quantitative estimate of drug-likeness (QED) is 0.819. The number of rotatable bonds is 5. The van der Waals surface area contributed by atoms with Crippen molar-refractivity contribution in [3.8, 4) is 5.75 Å². The molecule has 7 heteroatoms. The molecule has 2 aromatic rings. The summed E-state index contributed by atoms with van der Waals surface area (Å²) in [5.74, 6) is 0.717. The standard InChI is InChI=1S/C18H20F3N3O/c1-2-5-17-22-10-14-12-24(9-8-15(14)23-17)11-13-6-3-4-7-16(13)25-18(19,20)21/h3-4,6-7,10H,2,5,8-9,11-12H2,1H3. The van der Waals surface area contributed by atoms with Crippen molar-refractivity contribution >= 4 is 0 Å². The molecule has 0 atom stereocenters. The van der Waals surface area contributed by atoms with Crippen LogP contribution in [0.3, 0.4) is 0 Å². The van der Waals surface area contributed by atoms with Crippen LogP contribution in [0.25, 0.3) is 0 Å². The first-order valence-electron chi connectivity index (χ1n) is 8.34. The number of halogens is 3. The van der Waals surface area contributed by atoms with Crippen molar-refractivity contribution in [2.24, 2.45) is 0 Å². The lowest BCUT2D eigenvalue weighted by atomic mass is 10.1. The normalized spacial score (nSPS) is 15.0. The zero-order valence-electron chi connectivity index (χ0n) is 14.0. The van der Waals surface area contributed by atoms with E-state index in [9.17, 15) is 13.2 Å². The van der Waals surface area contributed by atoms with Crippen LogP contribution in [0.4, 0.5) is 13.2 Å². The van der Waals surface area contributed by atoms with Gasteiger partial charge in [-0.05, 0) is 12.5 Å². The van der Waals surface area contributed by atoms with E-state index in [1.54, 1.807) is 18.2 Å². The van der Waals surface area contributed by atoms with Crippen LogP contribution in [0.5, 0.6) is 5.75 Å². The Hall–Kier alpha value is -2.15. The number of aromatic nitrogens is 2. The van der Waals surface area contributed by atoms with Gasteiger partial charge in [0.1, 0.15) is 11.6 Å². The predicted octanol–water partition coefficient (Wildman–Crippen LogP) is 3.89. The molecular formula is C18H20F3N3O. The van der Waals surface area contributed by atoms with Crippen LogP contribution in [-0.4, -0.2) is 27.8 Å². The van der Waals surface area contributed by atoms with Crippen LogP contribution in [0.1, 0.15) is 36.0 Å². The van der Waals surface area contributed by atoms with Crippen LogP contribution in [0.15, 0.2) is 30.5 Å². The van der Waals surface area contributed by atoms with Crippen molar-refractivity contribution in [3.63, 3.8) is 0 Å². The largest absolute Gasteiger partial charge is 0.573 e. The van der Waals surface area contributed by atoms with Gasteiger partial charge in [-0.25, -0.2) is 9.97 Å². The van der Waals surface area contributed by atoms with E-state index in [2.05, 4.69) is 26.5 Å². The molecule has 0 amide bonds. The molecule has 1 aromatic carbocycles. The molecule has 2 heterocycles. The number of nitrogens with zero attached hydrogens (tertiary/aromatic N) is 3. The minimum absolute atomic E-state index is 0.143. The van der Waals surface area contributed by atoms with E-state index in [1.807, 2.05) is 6.20 Å². The molecule has 25 heavy (non-hydrogen) atoms. The smallest absolute Gasteiger partial charge is 0.405 e. The van der Waals surface area contributed by atoms with Crippen molar-refractivity contribution < 1.29 is 17.9 Å². The van der Waals surface area contributed by atoms with E-state index in [1.165, 1.54) is 6.07 Å². The highest BCUT2D eigenvalue weighted by atomic mass is 19.4. The van der Waals surface area contributed by atoms with E-state index in [0.717, 1.165) is 42.9 Å². The zero-order chi connectivity index (χ0) is 17.9. The highest BCUT2D eigenvalue weighted by molar-refractivity contribution is 5.33. The average Bonchev–Trinajstić information content (AvgIpc) is 2.56. The molecule has 0 saturated carbocycles. The fourth-order valence-corrected chi connectivity index (χ4v) is 2.99. The Morgan fingerprint density at radius 3 is 2.80 bits per heavy atom. The molecule has 1 aliphatic heterocycles. The number of ether oxygens (including phenoxy) is 1. The summed E-state index contributed by atoms with van der Waals surface area (Å²) in [5, 5.41) is 0. The lowest BCUT2D eigenvalue weighted by Crippen LogP contribution is -2.31. The summed E-state index contributed by atoms with van der Waals surface area (Å²) >= 11 is 0. The lowest BCUT2D eigenvalue weighted by molar-refractivity contribution is -0.275. The first-order valence-corrected chi connectivity index (χ1v) is 8.34. The van der Waals surface area contributed by atoms with Gasteiger partial charge in [0.25, 0.3) is 0 Å². The molecule has 0 bridgehead atoms. The maximum Gasteiger partial charge on any atom is 0.573 e. The Bertz CT molecular complexity index is 734. The number of aryl methyl sites for hydroxylation is 1. The van der Waals surface area contributed by atoms with E-state index < -0.39 is 6.36 Å². The van der Waals surface area contributed by atoms with Gasteiger partial charge in [0.2, 0.25) is 0 Å². The molecule has 4 nitrogen and oxygen atoms in total. The summed E-state index contributed by atoms with van der Waals surface area (Å²) in [6, 6.07) is 6.27. The third-order valence-electron chi connectivity index (χ3n) is 4.13. The van der Waals surface area contributed by atoms with Gasteiger partial charge < -0.3 is 4.74 Å². The molecule has 0 saturated heterocycles. The zero-order valence-corrected chi connectivity index (χ0v) is 14.0. The van der Waals surface area contributed by atoms with Gasteiger partial charge in [-0.2, -0.15) is 0 Å². The number of fused-ring (bicyclic) bond motifs is 1. The van der Waals surface area contributed by atoms with Gasteiger partial charge in [0, 0.05) is 55.5 Å². The van der Waals surface area contributed by atoms with Gasteiger partial charge in [-0.3, -0.25) is 4.90 Å². The minimum Gasteiger partial charge on any atom is -0.405 e. The average molecular weight is 351 g/mol. The number of hydrogen-bond acceptors (Lipinski definition) is 4. The first-order chi connectivity index (χ1) is 11.9. The number of benzene rings is 1. The fourth-order valence-electron chi connectivity index (χ4n) is 2.99. The Morgan fingerprint density at radius 1 is 1.24 bits per heavy atom. The van der Waals surface area contributed by atoms with Gasteiger partial charge in [-0.1, -0.05) is 25.1 Å². The second-order valence-electron chi connectivity index (χ2n) is 6.12. The topological polar surface area (TPSA) is 38.2 Å². The van der Waals surface area contributed by atoms with E-state index in [4.69, 9.17) is 0 Å². The summed E-state index contributed by atoms with van der Waals surface area (Å²) in [6.07, 6.45) is -0.206. The minimum atomic E-state index is -4.69. The van der Waals surface area contributed by atoms with Crippen molar-refractivity contribution in [1.82, 2.24) is 14.9 Å². The van der Waals surface area contributed by atoms with Crippen LogP contribution >= 0.6 is 0 Å². The van der Waals surface area contributed by atoms with Crippen molar-refractivity contribution in [2.75, 3.05) is 6.54 Å². The third-order valence-corrected chi connectivity index (χ3v) is 4.13. The Kier molecular flexibility index (Phi) is 5.22. The number of alkyl halides is 3. The van der Waals surface area contributed by atoms with E-state index in [-0.39, 0.29) is 5.75 Å². The fraction of sp³-hybridized carbons (Fsp3) is 0.444. The molecule has 0 unspecified atom stereocenters. The maximum atomic E-state index is 12.5. The van der Waals surface area contributed by atoms with Gasteiger partial charge in [-0.15, -0.1) is 13.2 Å². The maximum absolute atomic E-state index is 12.5. The van der Waals surface area contributed by atoms with Crippen LogP contribution in [-0.2, 0) is 25.9 Å². The molecule has 0 radical (unpaired) electrons. The molecule has 1 aliphatic rings. The summed E-state index contributed by atoms with van der Waals surface area (Å²) in [4.78, 5) is 11.1. The van der Waals surface area contributed by atoms with Crippen molar-refractivity contribution in [3.05, 3.63) is 53.1 Å². The Morgan fingerprint density at radius 2 is 2.04 bits per heavy atom. The molecule has 134 valence electrons. The van der Waals surface area contributed by atoms with Gasteiger partial charge in [0.05, 0.1) is 0 Å². The second kappa shape index (κ2) is 7.39. The molecule has 0 fully saturated rings. The highest BCUT2D eigenvalue weighted by Crippen LogP contribution is 2.28. The Labute approximate surface area is 144 Å². The second-order valence-corrected chi connectivity index (χ2v) is 6.12. The van der Waals surface area contributed by atoms with Crippen LogP contribution in [0, 0.1) is 0 Å². The molecular weight excluding hydrogens is 331 g/mol. The number of hydrogen-bond donors (Lipinski definition) is 0. The molecule has 0 N–H and O–H groups in total. The SMILES string of the molecule is CCCc1ncc2c(n1)CCN(Cc1ccccc1OC(F)(F)F)C2. The third kappa shape index (κ3) is 4.69. The van der Waals surface area contributed by atoms with Crippen molar-refractivity contribution in [1.29, 1.82) is 0 Å². The van der Waals surface area contributed by atoms with Gasteiger partial charge in [0.15, 0.2) is 0 Å². The predicted molar refractivity (Wildman–Crippen MR) is 87.0 cm³/mol. The highest BCUT2D eigenvalue weighted by Gasteiger charge is 2.32. The number of para-hydroxylation sites is 1. The molecule has 1 aromatic heterocycles. The Balaban J connectivity index is 1.71. The summed E-state index contributed by atoms with van der Waals surface area (Å²) < 4.78 is 41.8. The summed E-state index contributed by atoms with van der Waals surface area (Å²) in [7, 11) is 0. The lowest BCUT2D eigenvalue weighted by Gasteiger charge is -2.28. The van der Waals surface area contributed by atoms with Crippen LogP contribution < -0.4 is 4.74 Å². The van der Waals surface area contributed by atoms with E-state index >= 15 is 0 Å². The van der Waals surface area contributed by atoms with Crippen molar-refractivity contribution in [2.45, 2.75) is 45.6 Å². The molecule has 3 rings (SSSR count). The first kappa shape index (κ1) is 17.7. The molecule has 0 aliphatic carbocycles. The van der Waals surface area contributed by atoms with E-state index in [0.29, 0.717) is 18.7 Å². The molecule has 0 spiro atoms. The summed E-state index contributed by atoms with van der Waals surface area (Å²) in [6.45, 7) is 3.85. The monoisotopic (exact) mass is 351 g/mol. The van der Waals surface area contributed by atoms with Gasteiger partial charge >= 0.3 is 6.36 Å². The summed E-state index contributed by atoms with van der Waals surface area (Å²) in [5.41, 5.74) is 2.61.